The Hall–Kier alpha value is -3.14. The van der Waals surface area contributed by atoms with Crippen LogP contribution in [-0.2, 0) is 19.6 Å². The van der Waals surface area contributed by atoms with Gasteiger partial charge >= 0.3 is 12.1 Å². The Bertz CT molecular complexity index is 1200. The number of aromatic carboxylic acids is 1. The van der Waals surface area contributed by atoms with Gasteiger partial charge in [0.25, 0.3) is 5.91 Å². The number of carbonyl (C=O) groups is 2. The van der Waals surface area contributed by atoms with Crippen LogP contribution in [-0.4, -0.2) is 26.8 Å². The molecule has 1 amide bonds. The van der Waals surface area contributed by atoms with Gasteiger partial charge in [-0.15, -0.1) is 0 Å². The third-order valence-electron chi connectivity index (χ3n) is 5.66. The summed E-state index contributed by atoms with van der Waals surface area (Å²) in [5.74, 6) is -3.31. The van der Waals surface area contributed by atoms with Crippen molar-refractivity contribution >= 4 is 23.5 Å². The molecule has 0 fully saturated rings. The first-order valence-electron chi connectivity index (χ1n) is 10.2. The zero-order valence-corrected chi connectivity index (χ0v) is 19.3. The Balaban J connectivity index is 1.96. The van der Waals surface area contributed by atoms with E-state index in [4.69, 9.17) is 16.7 Å². The third-order valence-corrected chi connectivity index (χ3v) is 5.94. The van der Waals surface area contributed by atoms with Crippen molar-refractivity contribution in [2.45, 2.75) is 38.9 Å². The number of aryl methyl sites for hydroxylation is 1. The molecular weight excluding hydrogens is 478 g/mol. The number of hydrogen-bond donors (Lipinski definition) is 2. The highest BCUT2D eigenvalue weighted by atomic mass is 35.5. The molecule has 0 radical (unpaired) electrons. The van der Waals surface area contributed by atoms with E-state index in [1.54, 1.807) is 18.2 Å². The van der Waals surface area contributed by atoms with E-state index >= 15 is 0 Å². The summed E-state index contributed by atoms with van der Waals surface area (Å²) in [5, 5.41) is 15.9. The maximum Gasteiger partial charge on any atom is 0.433 e. The smallest absolute Gasteiger partial charge is 0.433 e. The lowest BCUT2D eigenvalue weighted by atomic mass is 9.79. The van der Waals surface area contributed by atoms with Gasteiger partial charge in [-0.1, -0.05) is 36.7 Å². The molecular formula is C23H22ClF4N3O3. The summed E-state index contributed by atoms with van der Waals surface area (Å²) in [6.07, 6.45) is 0.758. The van der Waals surface area contributed by atoms with E-state index in [2.05, 4.69) is 10.4 Å². The summed E-state index contributed by atoms with van der Waals surface area (Å²) in [6.45, 7) is 3.20. The number of amides is 1. The molecule has 0 spiro atoms. The van der Waals surface area contributed by atoms with Crippen molar-refractivity contribution in [3.05, 3.63) is 75.4 Å². The van der Waals surface area contributed by atoms with Gasteiger partial charge in [0, 0.05) is 24.1 Å². The molecule has 2 N–H and O–H groups in total. The zero-order valence-electron chi connectivity index (χ0n) is 18.5. The van der Waals surface area contributed by atoms with E-state index in [0.29, 0.717) is 16.1 Å². The van der Waals surface area contributed by atoms with Crippen molar-refractivity contribution in [3.63, 3.8) is 0 Å². The number of allylic oxidation sites excluding steroid dienone is 4. The molecule has 0 aliphatic heterocycles. The predicted octanol–water partition coefficient (Wildman–Crippen LogP) is 5.40. The summed E-state index contributed by atoms with van der Waals surface area (Å²) >= 11 is 5.95. The van der Waals surface area contributed by atoms with Crippen molar-refractivity contribution in [1.82, 2.24) is 15.1 Å². The summed E-state index contributed by atoms with van der Waals surface area (Å²) in [6, 6.07) is 2.06. The molecule has 2 atom stereocenters. The third kappa shape index (κ3) is 5.32. The Kier molecular flexibility index (Phi) is 6.93. The van der Waals surface area contributed by atoms with Crippen LogP contribution < -0.4 is 5.32 Å². The van der Waals surface area contributed by atoms with Crippen LogP contribution in [0.5, 0.6) is 0 Å². The first-order chi connectivity index (χ1) is 15.7. The minimum Gasteiger partial charge on any atom is -0.478 e. The van der Waals surface area contributed by atoms with Gasteiger partial charge in [0.15, 0.2) is 5.69 Å². The number of carboxylic acids is 1. The Morgan fingerprint density at radius 3 is 2.56 bits per heavy atom. The highest BCUT2D eigenvalue weighted by molar-refractivity contribution is 6.31. The van der Waals surface area contributed by atoms with Crippen LogP contribution in [0, 0.1) is 11.2 Å². The summed E-state index contributed by atoms with van der Waals surface area (Å²) in [5.41, 5.74) is -2.89. The predicted molar refractivity (Wildman–Crippen MR) is 117 cm³/mol. The minimum atomic E-state index is -4.86. The van der Waals surface area contributed by atoms with Crippen molar-refractivity contribution in [3.8, 4) is 0 Å². The first kappa shape index (κ1) is 25.5. The van der Waals surface area contributed by atoms with Gasteiger partial charge in [-0.25, -0.2) is 9.18 Å². The average molecular weight is 500 g/mol. The van der Waals surface area contributed by atoms with Crippen molar-refractivity contribution in [1.29, 1.82) is 0 Å². The zero-order chi connectivity index (χ0) is 25.4. The normalized spacial score (nSPS) is 19.0. The lowest BCUT2D eigenvalue weighted by Gasteiger charge is -2.26. The quantitative estimate of drug-likeness (QED) is 0.521. The average Bonchev–Trinajstić information content (AvgIpc) is 3.05. The van der Waals surface area contributed by atoms with E-state index in [0.717, 1.165) is 19.2 Å². The van der Waals surface area contributed by atoms with E-state index in [1.165, 1.54) is 13.0 Å². The van der Waals surface area contributed by atoms with Crippen LogP contribution in [0.25, 0.3) is 0 Å². The highest BCUT2D eigenvalue weighted by Crippen LogP contribution is 2.38. The number of alkyl halides is 3. The number of benzene rings is 1. The molecule has 0 saturated carbocycles. The first-order valence-corrected chi connectivity index (χ1v) is 10.6. The molecule has 0 saturated heterocycles. The summed E-state index contributed by atoms with van der Waals surface area (Å²) < 4.78 is 56.6. The van der Waals surface area contributed by atoms with Gasteiger partial charge in [-0.3, -0.25) is 9.48 Å². The monoisotopic (exact) mass is 499 g/mol. The highest BCUT2D eigenvalue weighted by Gasteiger charge is 2.42. The van der Waals surface area contributed by atoms with Crippen LogP contribution in [0.4, 0.5) is 17.6 Å². The van der Waals surface area contributed by atoms with Crippen LogP contribution in [0.2, 0.25) is 0 Å². The molecule has 11 heteroatoms. The number of nitrogens with zero attached hydrogens (tertiary/aromatic N) is 2. The standard InChI is InChI=1S/C23H22ClF4N3O3/c1-12(15-5-4-13(21(33)34)10-16(15)25)29-20(32)18-17(30-31(3)19(18)23(26,27)28)11-22(2)8-6-14(24)7-9-22/h4-8,10,12H,9,11H2,1-3H3,(H,29,32)(H,33,34)/t12-,22-/m0/s1. The van der Waals surface area contributed by atoms with Gasteiger partial charge in [0.2, 0.25) is 0 Å². The Morgan fingerprint density at radius 2 is 2.03 bits per heavy atom. The second-order valence-electron chi connectivity index (χ2n) is 8.49. The van der Waals surface area contributed by atoms with E-state index < -0.39 is 46.6 Å². The molecule has 3 rings (SSSR count). The molecule has 1 aromatic heterocycles. The number of aromatic nitrogens is 2. The lowest BCUT2D eigenvalue weighted by molar-refractivity contribution is -0.144. The maximum absolute atomic E-state index is 14.4. The molecule has 0 bridgehead atoms. The number of carboxylic acid groups (broad SMARTS) is 1. The molecule has 34 heavy (non-hydrogen) atoms. The second kappa shape index (κ2) is 9.25. The summed E-state index contributed by atoms with van der Waals surface area (Å²) in [4.78, 5) is 24.1. The van der Waals surface area contributed by atoms with E-state index in [9.17, 15) is 27.2 Å². The molecule has 182 valence electrons. The molecule has 2 aromatic rings. The molecule has 1 aliphatic carbocycles. The fourth-order valence-electron chi connectivity index (χ4n) is 3.89. The second-order valence-corrected chi connectivity index (χ2v) is 8.92. The van der Waals surface area contributed by atoms with Crippen molar-refractivity contribution < 1.29 is 32.3 Å². The Morgan fingerprint density at radius 1 is 1.35 bits per heavy atom. The van der Waals surface area contributed by atoms with E-state index in [-0.39, 0.29) is 23.2 Å². The van der Waals surface area contributed by atoms with E-state index in [1.807, 2.05) is 6.92 Å². The number of nitrogens with one attached hydrogen (secondary N) is 1. The maximum atomic E-state index is 14.4. The number of hydrogen-bond acceptors (Lipinski definition) is 3. The lowest BCUT2D eigenvalue weighted by Crippen LogP contribution is -2.31. The SMILES string of the molecule is C[C@H](NC(=O)c1c(C[C@@]2(C)C=CC(Cl)=CC2)nn(C)c1C(F)(F)F)c1ccc(C(=O)O)cc1F. The Labute approximate surface area is 197 Å². The molecule has 1 aromatic carbocycles. The van der Waals surface area contributed by atoms with Crippen molar-refractivity contribution in [2.24, 2.45) is 12.5 Å². The van der Waals surface area contributed by atoms with Gasteiger partial charge in [0.05, 0.1) is 22.9 Å². The van der Waals surface area contributed by atoms with Crippen LogP contribution in [0.3, 0.4) is 0 Å². The molecule has 6 nitrogen and oxygen atoms in total. The minimum absolute atomic E-state index is 0.0346. The van der Waals surface area contributed by atoms with Crippen LogP contribution in [0.1, 0.15) is 64.0 Å². The fraction of sp³-hybridized carbons (Fsp3) is 0.348. The van der Waals surface area contributed by atoms with Gasteiger partial charge < -0.3 is 10.4 Å². The molecule has 1 heterocycles. The molecule has 0 unspecified atom stereocenters. The number of carbonyl (C=O) groups excluding carboxylic acids is 1. The number of halogens is 5. The largest absolute Gasteiger partial charge is 0.478 e. The fourth-order valence-corrected chi connectivity index (χ4v) is 4.03. The van der Waals surface area contributed by atoms with Gasteiger partial charge in [0.1, 0.15) is 5.82 Å². The summed E-state index contributed by atoms with van der Waals surface area (Å²) in [7, 11) is 1.10. The van der Waals surface area contributed by atoms with Gasteiger partial charge in [-0.05, 0) is 37.0 Å². The topological polar surface area (TPSA) is 84.2 Å². The van der Waals surface area contributed by atoms with Crippen LogP contribution in [0.15, 0.2) is 41.5 Å². The van der Waals surface area contributed by atoms with Crippen LogP contribution >= 0.6 is 11.6 Å². The van der Waals surface area contributed by atoms with Gasteiger partial charge in [-0.2, -0.15) is 18.3 Å². The van der Waals surface area contributed by atoms with Crippen molar-refractivity contribution in [2.75, 3.05) is 0 Å². The molecule has 1 aliphatic rings. The number of rotatable bonds is 6.